The normalized spacial score (nSPS) is 17.6. The Hall–Kier alpha value is -0.810. The summed E-state index contributed by atoms with van der Waals surface area (Å²) < 4.78 is 5.34. The van der Waals surface area contributed by atoms with Gasteiger partial charge in [-0.05, 0) is 26.7 Å². The van der Waals surface area contributed by atoms with Crippen molar-refractivity contribution in [1.82, 2.24) is 9.97 Å². The molecule has 0 radical (unpaired) electrons. The third-order valence-electron chi connectivity index (χ3n) is 2.70. The minimum absolute atomic E-state index is 0.598. The Bertz CT molecular complexity index is 378. The van der Waals surface area contributed by atoms with Crippen LogP contribution in [-0.4, -0.2) is 28.4 Å². The lowest BCUT2D eigenvalue weighted by Crippen LogP contribution is -2.18. The molecule has 1 saturated heterocycles. The summed E-state index contributed by atoms with van der Waals surface area (Å²) in [6.45, 7) is 5.58. The second kappa shape index (κ2) is 5.01. The number of nitrogens with two attached hydrogens (primary N) is 1. The molecule has 2 heterocycles. The van der Waals surface area contributed by atoms with Crippen molar-refractivity contribution in [1.29, 1.82) is 0 Å². The highest BCUT2D eigenvalue weighted by atomic mass is 32.2. The van der Waals surface area contributed by atoms with Crippen molar-refractivity contribution >= 4 is 17.6 Å². The van der Waals surface area contributed by atoms with E-state index < -0.39 is 0 Å². The van der Waals surface area contributed by atoms with E-state index in [0.717, 1.165) is 42.5 Å². The second-order valence-corrected chi connectivity index (χ2v) is 5.30. The first-order valence-electron chi connectivity index (χ1n) is 5.52. The van der Waals surface area contributed by atoms with Gasteiger partial charge in [-0.2, -0.15) is 0 Å². The summed E-state index contributed by atoms with van der Waals surface area (Å²) >= 11 is 1.81. The van der Waals surface area contributed by atoms with Crippen molar-refractivity contribution in [3.8, 4) is 0 Å². The van der Waals surface area contributed by atoms with Gasteiger partial charge in [0.15, 0.2) is 0 Å². The lowest BCUT2D eigenvalue weighted by atomic mass is 10.2. The molecule has 16 heavy (non-hydrogen) atoms. The summed E-state index contributed by atoms with van der Waals surface area (Å²) in [5.74, 6) is 1.35. The second-order valence-electron chi connectivity index (χ2n) is 4.02. The maximum absolute atomic E-state index is 5.84. The van der Waals surface area contributed by atoms with Gasteiger partial charge in [-0.1, -0.05) is 0 Å². The average Bonchev–Trinajstić information content (AvgIpc) is 2.27. The Labute approximate surface area is 100.0 Å². The number of nitrogen functional groups attached to an aromatic ring is 1. The van der Waals surface area contributed by atoms with E-state index in [1.807, 2.05) is 25.6 Å². The molecule has 1 aliphatic heterocycles. The van der Waals surface area contributed by atoms with Crippen LogP contribution in [0.2, 0.25) is 0 Å². The van der Waals surface area contributed by atoms with Crippen LogP contribution in [0.1, 0.15) is 24.2 Å². The molecule has 0 amide bonds. The number of rotatable bonds is 2. The van der Waals surface area contributed by atoms with Gasteiger partial charge in [0.2, 0.25) is 0 Å². The Balaban J connectivity index is 2.13. The van der Waals surface area contributed by atoms with Gasteiger partial charge in [0.25, 0.3) is 0 Å². The van der Waals surface area contributed by atoms with Crippen molar-refractivity contribution in [2.45, 2.75) is 37.0 Å². The average molecular weight is 239 g/mol. The number of aromatic nitrogens is 2. The Morgan fingerprint density at radius 2 is 1.94 bits per heavy atom. The molecular formula is C11H17N3OS. The smallest absolute Gasteiger partial charge is 0.131 e. The van der Waals surface area contributed by atoms with Crippen molar-refractivity contribution in [3.05, 3.63) is 11.4 Å². The van der Waals surface area contributed by atoms with Gasteiger partial charge >= 0.3 is 0 Å². The Morgan fingerprint density at radius 3 is 2.62 bits per heavy atom. The molecule has 0 atom stereocenters. The lowest BCUT2D eigenvalue weighted by molar-refractivity contribution is 0.1000. The quantitative estimate of drug-likeness (QED) is 0.799. The van der Waals surface area contributed by atoms with Crippen LogP contribution in [0.25, 0.3) is 0 Å². The largest absolute Gasteiger partial charge is 0.383 e. The van der Waals surface area contributed by atoms with Crippen LogP contribution in [0.15, 0.2) is 5.03 Å². The zero-order chi connectivity index (χ0) is 11.5. The van der Waals surface area contributed by atoms with E-state index in [9.17, 15) is 0 Å². The molecule has 2 rings (SSSR count). The number of thioether (sulfide) groups is 1. The number of hydrogen-bond acceptors (Lipinski definition) is 5. The van der Waals surface area contributed by atoms with Crippen molar-refractivity contribution in [2.24, 2.45) is 0 Å². The van der Waals surface area contributed by atoms with Crippen molar-refractivity contribution in [3.63, 3.8) is 0 Å². The summed E-state index contributed by atoms with van der Waals surface area (Å²) in [6.07, 6.45) is 2.18. The lowest BCUT2D eigenvalue weighted by Gasteiger charge is -2.21. The zero-order valence-corrected chi connectivity index (χ0v) is 10.5. The Kier molecular flexibility index (Phi) is 3.66. The highest BCUT2D eigenvalue weighted by Crippen LogP contribution is 2.31. The molecule has 1 fully saturated rings. The maximum Gasteiger partial charge on any atom is 0.131 e. The van der Waals surface area contributed by atoms with Crippen LogP contribution in [0.4, 0.5) is 5.82 Å². The van der Waals surface area contributed by atoms with Crippen LogP contribution in [0, 0.1) is 13.8 Å². The summed E-state index contributed by atoms with van der Waals surface area (Å²) in [6, 6.07) is 0. The van der Waals surface area contributed by atoms with Crippen molar-refractivity contribution < 1.29 is 4.74 Å². The molecule has 1 aromatic rings. The van der Waals surface area contributed by atoms with Gasteiger partial charge < -0.3 is 10.5 Å². The van der Waals surface area contributed by atoms with Crippen LogP contribution in [0.5, 0.6) is 0 Å². The molecule has 2 N–H and O–H groups in total. The summed E-state index contributed by atoms with van der Waals surface area (Å²) in [7, 11) is 0. The molecule has 1 aliphatic rings. The molecule has 88 valence electrons. The van der Waals surface area contributed by atoms with E-state index in [1.165, 1.54) is 0 Å². The number of hydrogen-bond donors (Lipinski definition) is 1. The fraction of sp³-hybridized carbons (Fsp3) is 0.636. The fourth-order valence-electron chi connectivity index (χ4n) is 1.69. The third-order valence-corrected chi connectivity index (χ3v) is 4.12. The molecule has 0 unspecified atom stereocenters. The number of aryl methyl sites for hydroxylation is 1. The zero-order valence-electron chi connectivity index (χ0n) is 9.69. The number of nitrogens with zero attached hydrogens (tertiary/aromatic N) is 2. The van der Waals surface area contributed by atoms with Crippen LogP contribution in [-0.2, 0) is 4.74 Å². The molecule has 0 aromatic carbocycles. The first-order valence-corrected chi connectivity index (χ1v) is 6.40. The van der Waals surface area contributed by atoms with Gasteiger partial charge in [0.05, 0.1) is 0 Å². The number of ether oxygens (including phenoxy) is 1. The SMILES string of the molecule is Cc1nc(N)c(C)c(SC2CCOCC2)n1. The Morgan fingerprint density at radius 1 is 1.25 bits per heavy atom. The van der Waals surface area contributed by atoms with Gasteiger partial charge in [-0.15, -0.1) is 11.8 Å². The predicted octanol–water partition coefficient (Wildman–Crippen LogP) is 1.95. The highest BCUT2D eigenvalue weighted by molar-refractivity contribution is 7.99. The monoisotopic (exact) mass is 239 g/mol. The van der Waals surface area contributed by atoms with Crippen LogP contribution >= 0.6 is 11.8 Å². The molecular weight excluding hydrogens is 222 g/mol. The molecule has 0 aliphatic carbocycles. The summed E-state index contributed by atoms with van der Waals surface area (Å²) in [5, 5.41) is 1.62. The van der Waals surface area contributed by atoms with Gasteiger partial charge in [0, 0.05) is 24.0 Å². The maximum atomic E-state index is 5.84. The fourth-order valence-corrected chi connectivity index (χ4v) is 2.90. The van der Waals surface area contributed by atoms with Crippen LogP contribution in [0.3, 0.4) is 0 Å². The van der Waals surface area contributed by atoms with Gasteiger partial charge in [0.1, 0.15) is 16.7 Å². The van der Waals surface area contributed by atoms with E-state index in [-0.39, 0.29) is 0 Å². The number of anilines is 1. The van der Waals surface area contributed by atoms with E-state index in [2.05, 4.69) is 9.97 Å². The minimum Gasteiger partial charge on any atom is -0.383 e. The first kappa shape index (κ1) is 11.7. The molecule has 0 saturated carbocycles. The molecule has 5 heteroatoms. The molecule has 0 spiro atoms. The van der Waals surface area contributed by atoms with Gasteiger partial charge in [-0.25, -0.2) is 9.97 Å². The van der Waals surface area contributed by atoms with Crippen LogP contribution < -0.4 is 5.73 Å². The standard InChI is InChI=1S/C11H17N3OS/c1-7-10(12)13-8(2)14-11(7)16-9-3-5-15-6-4-9/h9H,3-6H2,1-2H3,(H2,12,13,14). The third kappa shape index (κ3) is 2.65. The van der Waals surface area contributed by atoms with E-state index in [0.29, 0.717) is 11.1 Å². The highest BCUT2D eigenvalue weighted by Gasteiger charge is 2.18. The first-order chi connectivity index (χ1) is 7.66. The predicted molar refractivity (Wildman–Crippen MR) is 65.6 cm³/mol. The van der Waals surface area contributed by atoms with E-state index in [1.54, 1.807) is 0 Å². The molecule has 1 aromatic heterocycles. The summed E-state index contributed by atoms with van der Waals surface area (Å²) in [5.41, 5.74) is 6.84. The van der Waals surface area contributed by atoms with E-state index in [4.69, 9.17) is 10.5 Å². The topological polar surface area (TPSA) is 61.0 Å². The van der Waals surface area contributed by atoms with E-state index >= 15 is 0 Å². The molecule has 4 nitrogen and oxygen atoms in total. The van der Waals surface area contributed by atoms with Crippen molar-refractivity contribution in [2.75, 3.05) is 18.9 Å². The summed E-state index contributed by atoms with van der Waals surface area (Å²) in [4.78, 5) is 8.61. The van der Waals surface area contributed by atoms with Gasteiger partial charge in [-0.3, -0.25) is 0 Å². The minimum atomic E-state index is 0.598. The molecule has 0 bridgehead atoms.